The number of phenols is 1. The summed E-state index contributed by atoms with van der Waals surface area (Å²) in [6.45, 7) is -0.424. The minimum atomic E-state index is -1.05. The molecule has 0 aromatic heterocycles. The third-order valence-electron chi connectivity index (χ3n) is 5.24. The number of carboxylic acid groups (broad SMARTS) is 1. The SMILES string of the molecule is NC(Cc1ccc(O)cc1)C(=O)Nc1ccc2c(c1)C(OCC(=O)O)c1ccccc1-2. The molecule has 3 aromatic rings. The average Bonchev–Trinajstić information content (AvgIpc) is 3.06. The number of hydrogen-bond acceptors (Lipinski definition) is 5. The van der Waals surface area contributed by atoms with Crippen LogP contribution in [0.1, 0.15) is 22.8 Å². The van der Waals surface area contributed by atoms with Gasteiger partial charge in [0.05, 0.1) is 6.04 Å². The Morgan fingerprint density at radius 2 is 1.71 bits per heavy atom. The van der Waals surface area contributed by atoms with Gasteiger partial charge in [-0.15, -0.1) is 0 Å². The standard InChI is InChI=1S/C24H22N2O5/c25-21(11-14-5-8-16(27)9-6-14)24(30)26-15-7-10-18-17-3-1-2-4-19(17)23(20(18)12-15)31-13-22(28)29/h1-10,12,21,23,27H,11,13,25H2,(H,26,30)(H,28,29). The van der Waals surface area contributed by atoms with Crippen molar-refractivity contribution in [1.82, 2.24) is 0 Å². The van der Waals surface area contributed by atoms with Crippen molar-refractivity contribution in [3.8, 4) is 16.9 Å². The Balaban J connectivity index is 1.52. The highest BCUT2D eigenvalue weighted by atomic mass is 16.5. The molecule has 0 radical (unpaired) electrons. The first-order valence-electron chi connectivity index (χ1n) is 9.83. The molecule has 1 amide bonds. The number of phenolic OH excluding ortho intramolecular Hbond substituents is 1. The molecule has 0 fully saturated rings. The van der Waals surface area contributed by atoms with Crippen molar-refractivity contribution in [3.05, 3.63) is 83.4 Å². The lowest BCUT2D eigenvalue weighted by atomic mass is 10.0. The predicted molar refractivity (Wildman–Crippen MR) is 116 cm³/mol. The Hall–Kier alpha value is -3.68. The van der Waals surface area contributed by atoms with E-state index in [1.807, 2.05) is 30.3 Å². The van der Waals surface area contributed by atoms with Gasteiger partial charge in [-0.2, -0.15) is 0 Å². The zero-order chi connectivity index (χ0) is 22.0. The van der Waals surface area contributed by atoms with Crippen molar-refractivity contribution in [2.24, 2.45) is 5.73 Å². The molecular formula is C24H22N2O5. The highest BCUT2D eigenvalue weighted by Gasteiger charge is 2.30. The smallest absolute Gasteiger partial charge is 0.329 e. The van der Waals surface area contributed by atoms with Crippen LogP contribution >= 0.6 is 0 Å². The number of nitrogens with one attached hydrogen (secondary N) is 1. The monoisotopic (exact) mass is 418 g/mol. The maximum atomic E-state index is 12.6. The fourth-order valence-electron chi connectivity index (χ4n) is 3.79. The van der Waals surface area contributed by atoms with Gasteiger partial charge in [-0.3, -0.25) is 4.79 Å². The number of carbonyl (C=O) groups is 2. The second kappa shape index (κ2) is 8.59. The van der Waals surface area contributed by atoms with E-state index >= 15 is 0 Å². The lowest BCUT2D eigenvalue weighted by Crippen LogP contribution is -2.37. The molecule has 0 saturated carbocycles. The first-order valence-corrected chi connectivity index (χ1v) is 9.83. The van der Waals surface area contributed by atoms with Crippen molar-refractivity contribution < 1.29 is 24.5 Å². The summed E-state index contributed by atoms with van der Waals surface area (Å²) in [5.74, 6) is -1.23. The van der Waals surface area contributed by atoms with Crippen molar-refractivity contribution in [1.29, 1.82) is 0 Å². The van der Waals surface area contributed by atoms with Gasteiger partial charge in [-0.1, -0.05) is 42.5 Å². The molecule has 158 valence electrons. The molecule has 0 spiro atoms. The van der Waals surface area contributed by atoms with E-state index in [0.717, 1.165) is 27.8 Å². The number of carboxylic acids is 1. The summed E-state index contributed by atoms with van der Waals surface area (Å²) in [5.41, 5.74) is 11.1. The highest BCUT2D eigenvalue weighted by Crippen LogP contribution is 2.46. The Morgan fingerprint density at radius 3 is 2.45 bits per heavy atom. The number of carbonyl (C=O) groups excluding carboxylic acids is 1. The van der Waals surface area contributed by atoms with Gasteiger partial charge in [0, 0.05) is 5.69 Å². The van der Waals surface area contributed by atoms with Gasteiger partial charge in [0.1, 0.15) is 18.5 Å². The third kappa shape index (κ3) is 4.42. The van der Waals surface area contributed by atoms with E-state index in [-0.39, 0.29) is 11.7 Å². The maximum Gasteiger partial charge on any atom is 0.329 e. The van der Waals surface area contributed by atoms with E-state index in [9.17, 15) is 14.7 Å². The molecule has 4 rings (SSSR count). The molecule has 7 nitrogen and oxygen atoms in total. The van der Waals surface area contributed by atoms with Crippen LogP contribution in [0.5, 0.6) is 5.75 Å². The zero-order valence-corrected chi connectivity index (χ0v) is 16.6. The molecule has 0 saturated heterocycles. The number of nitrogens with two attached hydrogens (primary N) is 1. The average molecular weight is 418 g/mol. The number of ether oxygens (including phenoxy) is 1. The van der Waals surface area contributed by atoms with Crippen molar-refractivity contribution in [2.75, 3.05) is 11.9 Å². The fraction of sp³-hybridized carbons (Fsp3) is 0.167. The van der Waals surface area contributed by atoms with Gasteiger partial charge in [0.25, 0.3) is 0 Å². The Kier molecular flexibility index (Phi) is 5.70. The van der Waals surface area contributed by atoms with Crippen LogP contribution < -0.4 is 11.1 Å². The summed E-state index contributed by atoms with van der Waals surface area (Å²) < 4.78 is 5.66. The zero-order valence-electron chi connectivity index (χ0n) is 16.6. The quantitative estimate of drug-likeness (QED) is 0.468. The number of anilines is 1. The molecule has 2 unspecified atom stereocenters. The minimum Gasteiger partial charge on any atom is -0.508 e. The van der Waals surface area contributed by atoms with Crippen molar-refractivity contribution >= 4 is 17.6 Å². The molecular weight excluding hydrogens is 396 g/mol. The number of rotatable bonds is 7. The molecule has 1 aliphatic carbocycles. The van der Waals surface area contributed by atoms with Crippen LogP contribution in [0.25, 0.3) is 11.1 Å². The number of fused-ring (bicyclic) bond motifs is 3. The second-order valence-corrected chi connectivity index (χ2v) is 7.44. The highest BCUT2D eigenvalue weighted by molar-refractivity contribution is 5.95. The van der Waals surface area contributed by atoms with Crippen molar-refractivity contribution in [2.45, 2.75) is 18.6 Å². The number of aliphatic carboxylic acids is 1. The normalized spacial score (nSPS) is 15.1. The fourth-order valence-corrected chi connectivity index (χ4v) is 3.79. The van der Waals surface area contributed by atoms with E-state index in [1.165, 1.54) is 0 Å². The van der Waals surface area contributed by atoms with Crippen LogP contribution in [0.15, 0.2) is 66.7 Å². The summed E-state index contributed by atoms with van der Waals surface area (Å²) in [6, 6.07) is 18.9. The van der Waals surface area contributed by atoms with Crippen LogP contribution in [-0.4, -0.2) is 34.7 Å². The van der Waals surface area contributed by atoms with Crippen LogP contribution in [0.2, 0.25) is 0 Å². The molecule has 1 aliphatic rings. The van der Waals surface area contributed by atoms with Gasteiger partial charge < -0.3 is 26.0 Å². The second-order valence-electron chi connectivity index (χ2n) is 7.44. The number of amides is 1. The van der Waals surface area contributed by atoms with Crippen LogP contribution in [0, 0.1) is 0 Å². The molecule has 5 N–H and O–H groups in total. The lowest BCUT2D eigenvalue weighted by molar-refractivity contribution is -0.143. The first-order chi connectivity index (χ1) is 14.9. The van der Waals surface area contributed by atoms with E-state index in [2.05, 4.69) is 5.32 Å². The van der Waals surface area contributed by atoms with Gasteiger partial charge in [0.15, 0.2) is 0 Å². The van der Waals surface area contributed by atoms with Crippen LogP contribution in [-0.2, 0) is 20.7 Å². The van der Waals surface area contributed by atoms with E-state index in [4.69, 9.17) is 15.6 Å². The Bertz CT molecular complexity index is 1130. The van der Waals surface area contributed by atoms with Crippen LogP contribution in [0.3, 0.4) is 0 Å². The summed E-state index contributed by atoms with van der Waals surface area (Å²) >= 11 is 0. The molecule has 7 heteroatoms. The molecule has 31 heavy (non-hydrogen) atoms. The number of benzene rings is 3. The van der Waals surface area contributed by atoms with Gasteiger partial charge in [0.2, 0.25) is 5.91 Å². The Labute approximate surface area is 179 Å². The van der Waals surface area contributed by atoms with Gasteiger partial charge in [-0.25, -0.2) is 4.79 Å². The summed E-state index contributed by atoms with van der Waals surface area (Å²) in [6.07, 6.45) is -0.197. The van der Waals surface area contributed by atoms with E-state index in [1.54, 1.807) is 36.4 Å². The van der Waals surface area contributed by atoms with E-state index in [0.29, 0.717) is 12.1 Å². The number of aromatic hydroxyl groups is 1. The summed E-state index contributed by atoms with van der Waals surface area (Å²) in [4.78, 5) is 23.6. The Morgan fingerprint density at radius 1 is 1.00 bits per heavy atom. The van der Waals surface area contributed by atoms with Gasteiger partial charge >= 0.3 is 5.97 Å². The minimum absolute atomic E-state index is 0.153. The lowest BCUT2D eigenvalue weighted by Gasteiger charge is -2.16. The van der Waals surface area contributed by atoms with E-state index < -0.39 is 24.7 Å². The van der Waals surface area contributed by atoms with Gasteiger partial charge in [-0.05, 0) is 58.5 Å². The predicted octanol–water partition coefficient (Wildman–Crippen LogP) is 3.07. The molecule has 3 aromatic carbocycles. The molecule has 0 aliphatic heterocycles. The van der Waals surface area contributed by atoms with Crippen molar-refractivity contribution in [3.63, 3.8) is 0 Å². The largest absolute Gasteiger partial charge is 0.508 e. The topological polar surface area (TPSA) is 122 Å². The third-order valence-corrected chi connectivity index (χ3v) is 5.24. The molecule has 2 atom stereocenters. The van der Waals surface area contributed by atoms with Crippen LogP contribution in [0.4, 0.5) is 5.69 Å². The number of hydrogen-bond donors (Lipinski definition) is 4. The summed E-state index contributed by atoms with van der Waals surface area (Å²) in [7, 11) is 0. The molecule has 0 heterocycles. The first kappa shape index (κ1) is 20.6. The molecule has 0 bridgehead atoms. The maximum absolute atomic E-state index is 12.6. The summed E-state index contributed by atoms with van der Waals surface area (Å²) in [5, 5.41) is 21.2.